The second kappa shape index (κ2) is 3.48. The van der Waals surface area contributed by atoms with Gasteiger partial charge in [-0.1, -0.05) is 0 Å². The number of nitrogen functional groups attached to an aromatic ring is 1. The van der Waals surface area contributed by atoms with Crippen LogP contribution in [-0.4, -0.2) is 12.2 Å². The van der Waals surface area contributed by atoms with Crippen molar-refractivity contribution in [3.05, 3.63) is 23.1 Å². The highest BCUT2D eigenvalue weighted by Crippen LogP contribution is 2.36. The molecule has 14 heavy (non-hydrogen) atoms. The largest absolute Gasteiger partial charge is 0.495 e. The molecule has 2 rings (SSSR count). The highest BCUT2D eigenvalue weighted by molar-refractivity contribution is 7.17. The van der Waals surface area contributed by atoms with Crippen LogP contribution in [-0.2, 0) is 6.61 Å². The van der Waals surface area contributed by atoms with E-state index < -0.39 is 0 Å². The maximum Gasteiger partial charge on any atom is 0.142 e. The summed E-state index contributed by atoms with van der Waals surface area (Å²) in [6, 6.07) is 3.80. The number of hydrogen-bond donors (Lipinski definition) is 2. The van der Waals surface area contributed by atoms with E-state index >= 15 is 0 Å². The van der Waals surface area contributed by atoms with Gasteiger partial charge in [-0.3, -0.25) is 0 Å². The van der Waals surface area contributed by atoms with Gasteiger partial charge in [0.05, 0.1) is 19.4 Å². The van der Waals surface area contributed by atoms with Crippen molar-refractivity contribution in [1.82, 2.24) is 0 Å². The van der Waals surface area contributed by atoms with Gasteiger partial charge in [0.2, 0.25) is 0 Å². The molecule has 0 amide bonds. The number of aliphatic hydroxyl groups is 1. The van der Waals surface area contributed by atoms with Crippen molar-refractivity contribution < 1.29 is 9.84 Å². The van der Waals surface area contributed by atoms with Crippen LogP contribution in [0.5, 0.6) is 5.75 Å². The highest BCUT2D eigenvalue weighted by Gasteiger charge is 2.10. The Morgan fingerprint density at radius 1 is 1.50 bits per heavy atom. The molecule has 74 valence electrons. The number of ether oxygens (including phenoxy) is 1. The zero-order valence-electron chi connectivity index (χ0n) is 7.78. The molecule has 3 nitrogen and oxygen atoms in total. The van der Waals surface area contributed by atoms with Crippen molar-refractivity contribution in [2.45, 2.75) is 6.61 Å². The van der Waals surface area contributed by atoms with Crippen LogP contribution in [0.3, 0.4) is 0 Å². The van der Waals surface area contributed by atoms with Gasteiger partial charge in [0.1, 0.15) is 5.75 Å². The number of methoxy groups -OCH3 is 1. The second-order valence-electron chi connectivity index (χ2n) is 2.97. The molecule has 1 aromatic heterocycles. The van der Waals surface area contributed by atoms with Gasteiger partial charge in [-0.05, 0) is 23.1 Å². The van der Waals surface area contributed by atoms with E-state index in [1.54, 1.807) is 18.4 Å². The molecular formula is C10H11NO2S. The SMILES string of the molecule is COc1ccc2scc(CO)c2c1N. The van der Waals surface area contributed by atoms with E-state index in [2.05, 4.69) is 0 Å². The fourth-order valence-corrected chi connectivity index (χ4v) is 2.46. The molecule has 0 unspecified atom stereocenters. The van der Waals surface area contributed by atoms with Gasteiger partial charge in [-0.25, -0.2) is 0 Å². The van der Waals surface area contributed by atoms with Crippen LogP contribution in [0.25, 0.3) is 10.1 Å². The highest BCUT2D eigenvalue weighted by atomic mass is 32.1. The first kappa shape index (κ1) is 9.30. The lowest BCUT2D eigenvalue weighted by atomic mass is 10.1. The van der Waals surface area contributed by atoms with Crippen LogP contribution in [0.1, 0.15) is 5.56 Å². The number of nitrogens with two attached hydrogens (primary N) is 1. The minimum Gasteiger partial charge on any atom is -0.495 e. The van der Waals surface area contributed by atoms with E-state index in [0.29, 0.717) is 11.4 Å². The summed E-state index contributed by atoms with van der Waals surface area (Å²) in [6.07, 6.45) is 0. The molecule has 2 aromatic rings. The summed E-state index contributed by atoms with van der Waals surface area (Å²) >= 11 is 1.58. The molecule has 0 saturated heterocycles. The lowest BCUT2D eigenvalue weighted by molar-refractivity contribution is 0.284. The molecule has 0 spiro atoms. The maximum absolute atomic E-state index is 9.12. The van der Waals surface area contributed by atoms with E-state index in [0.717, 1.165) is 15.6 Å². The predicted octanol–water partition coefficient (Wildman–Crippen LogP) is 1.98. The van der Waals surface area contributed by atoms with Crippen molar-refractivity contribution in [2.75, 3.05) is 12.8 Å². The van der Waals surface area contributed by atoms with E-state index in [1.807, 2.05) is 17.5 Å². The fraction of sp³-hybridized carbons (Fsp3) is 0.200. The van der Waals surface area contributed by atoms with Crippen LogP contribution < -0.4 is 10.5 Å². The first-order chi connectivity index (χ1) is 6.77. The average Bonchev–Trinajstić information content (AvgIpc) is 2.62. The Labute approximate surface area is 85.7 Å². The summed E-state index contributed by atoms with van der Waals surface area (Å²) in [5.74, 6) is 0.658. The van der Waals surface area contributed by atoms with Gasteiger partial charge < -0.3 is 15.6 Å². The maximum atomic E-state index is 9.12. The molecule has 1 aromatic carbocycles. The molecule has 0 radical (unpaired) electrons. The fourth-order valence-electron chi connectivity index (χ4n) is 1.50. The summed E-state index contributed by atoms with van der Waals surface area (Å²) in [6.45, 7) is 0.0113. The van der Waals surface area contributed by atoms with Crippen molar-refractivity contribution in [3.8, 4) is 5.75 Å². The quantitative estimate of drug-likeness (QED) is 0.744. The topological polar surface area (TPSA) is 55.5 Å². The Morgan fingerprint density at radius 2 is 2.29 bits per heavy atom. The van der Waals surface area contributed by atoms with Crippen LogP contribution in [0, 0.1) is 0 Å². The van der Waals surface area contributed by atoms with Gasteiger partial charge >= 0.3 is 0 Å². The number of anilines is 1. The molecule has 0 aliphatic rings. The Kier molecular flexibility index (Phi) is 2.31. The Morgan fingerprint density at radius 3 is 2.93 bits per heavy atom. The minimum atomic E-state index is 0.0113. The van der Waals surface area contributed by atoms with Crippen molar-refractivity contribution >= 4 is 27.1 Å². The monoisotopic (exact) mass is 209 g/mol. The Hall–Kier alpha value is -1.26. The molecule has 0 aliphatic carbocycles. The Bertz CT molecular complexity index is 464. The lowest BCUT2D eigenvalue weighted by Gasteiger charge is -2.05. The molecule has 0 fully saturated rings. The third-order valence-corrected chi connectivity index (χ3v) is 3.20. The third kappa shape index (κ3) is 1.23. The standard InChI is InChI=1S/C10H11NO2S/c1-13-7-2-3-8-9(10(7)11)6(4-12)5-14-8/h2-3,5,12H,4,11H2,1H3. The number of aliphatic hydroxyl groups excluding tert-OH is 1. The molecule has 3 N–H and O–H groups in total. The number of benzene rings is 1. The van der Waals surface area contributed by atoms with E-state index in [9.17, 15) is 0 Å². The third-order valence-electron chi connectivity index (χ3n) is 2.21. The number of thiophene rings is 1. The smallest absolute Gasteiger partial charge is 0.142 e. The number of hydrogen-bond acceptors (Lipinski definition) is 4. The van der Waals surface area contributed by atoms with Gasteiger partial charge in [0, 0.05) is 10.1 Å². The minimum absolute atomic E-state index is 0.0113. The average molecular weight is 209 g/mol. The summed E-state index contributed by atoms with van der Waals surface area (Å²) in [4.78, 5) is 0. The van der Waals surface area contributed by atoms with Crippen LogP contribution >= 0.6 is 11.3 Å². The van der Waals surface area contributed by atoms with E-state index in [-0.39, 0.29) is 6.61 Å². The lowest BCUT2D eigenvalue weighted by Crippen LogP contribution is -1.93. The van der Waals surface area contributed by atoms with Gasteiger partial charge in [0.25, 0.3) is 0 Å². The number of rotatable bonds is 2. The normalized spacial score (nSPS) is 10.7. The zero-order valence-corrected chi connectivity index (χ0v) is 8.60. The summed E-state index contributed by atoms with van der Waals surface area (Å²) in [7, 11) is 1.59. The van der Waals surface area contributed by atoms with Crippen LogP contribution in [0.2, 0.25) is 0 Å². The van der Waals surface area contributed by atoms with Gasteiger partial charge in [-0.2, -0.15) is 0 Å². The van der Waals surface area contributed by atoms with E-state index in [1.165, 1.54) is 0 Å². The molecule has 4 heteroatoms. The molecule has 0 saturated carbocycles. The molecule has 1 heterocycles. The zero-order chi connectivity index (χ0) is 10.1. The van der Waals surface area contributed by atoms with Crippen molar-refractivity contribution in [1.29, 1.82) is 0 Å². The van der Waals surface area contributed by atoms with Gasteiger partial charge in [0.15, 0.2) is 0 Å². The van der Waals surface area contributed by atoms with Crippen LogP contribution in [0.4, 0.5) is 5.69 Å². The van der Waals surface area contributed by atoms with Crippen molar-refractivity contribution in [3.63, 3.8) is 0 Å². The van der Waals surface area contributed by atoms with Gasteiger partial charge in [-0.15, -0.1) is 11.3 Å². The Balaban J connectivity index is 2.77. The molecule has 0 bridgehead atoms. The molecular weight excluding hydrogens is 198 g/mol. The first-order valence-electron chi connectivity index (χ1n) is 4.21. The molecule has 0 aliphatic heterocycles. The van der Waals surface area contributed by atoms with E-state index in [4.69, 9.17) is 15.6 Å². The number of fused-ring (bicyclic) bond motifs is 1. The van der Waals surface area contributed by atoms with Crippen LogP contribution in [0.15, 0.2) is 17.5 Å². The second-order valence-corrected chi connectivity index (χ2v) is 3.88. The summed E-state index contributed by atoms with van der Waals surface area (Å²) in [5, 5.41) is 12.0. The summed E-state index contributed by atoms with van der Waals surface area (Å²) < 4.78 is 6.20. The van der Waals surface area contributed by atoms with Crippen molar-refractivity contribution in [2.24, 2.45) is 0 Å². The molecule has 0 atom stereocenters. The first-order valence-corrected chi connectivity index (χ1v) is 5.09. The predicted molar refractivity (Wildman–Crippen MR) is 58.7 cm³/mol. The summed E-state index contributed by atoms with van der Waals surface area (Å²) in [5.41, 5.74) is 7.39.